The first-order valence-corrected chi connectivity index (χ1v) is 13.5. The molecule has 0 heterocycles. The maximum atomic E-state index is 12.6. The van der Waals surface area contributed by atoms with Gasteiger partial charge in [0.2, 0.25) is 15.9 Å². The van der Waals surface area contributed by atoms with Gasteiger partial charge in [0, 0.05) is 11.4 Å². The van der Waals surface area contributed by atoms with E-state index in [2.05, 4.69) is 10.0 Å². The minimum absolute atomic E-state index is 0.0184. The smallest absolute Gasteiger partial charge is 0.261 e. The summed E-state index contributed by atoms with van der Waals surface area (Å²) in [7, 11) is -6.15. The van der Waals surface area contributed by atoms with Crippen molar-refractivity contribution in [2.45, 2.75) is 4.90 Å². The van der Waals surface area contributed by atoms with Gasteiger partial charge in [-0.3, -0.25) is 13.8 Å². The summed E-state index contributed by atoms with van der Waals surface area (Å²) >= 11 is 6.10. The predicted octanol–water partition coefficient (Wildman–Crippen LogP) is 3.55. The van der Waals surface area contributed by atoms with Crippen molar-refractivity contribution in [2.75, 3.05) is 34.3 Å². The van der Waals surface area contributed by atoms with Gasteiger partial charge < -0.3 is 10.1 Å². The van der Waals surface area contributed by atoms with Gasteiger partial charge in [0.25, 0.3) is 10.0 Å². The molecule has 34 heavy (non-hydrogen) atoms. The van der Waals surface area contributed by atoms with Gasteiger partial charge in [-0.2, -0.15) is 0 Å². The molecule has 180 valence electrons. The largest absolute Gasteiger partial charge is 0.497 e. The molecule has 0 spiro atoms. The van der Waals surface area contributed by atoms with E-state index >= 15 is 0 Å². The molecular weight excluding hydrogens is 502 g/mol. The lowest BCUT2D eigenvalue weighted by molar-refractivity contribution is -0.114. The third kappa shape index (κ3) is 6.40. The van der Waals surface area contributed by atoms with Gasteiger partial charge in [0.1, 0.15) is 12.3 Å². The fourth-order valence-electron chi connectivity index (χ4n) is 2.96. The van der Waals surface area contributed by atoms with Crippen molar-refractivity contribution in [1.29, 1.82) is 0 Å². The molecule has 3 aromatic rings. The summed E-state index contributed by atoms with van der Waals surface area (Å²) < 4.78 is 58.1. The number of methoxy groups -OCH3 is 1. The third-order valence-electron chi connectivity index (χ3n) is 4.60. The van der Waals surface area contributed by atoms with Crippen LogP contribution >= 0.6 is 11.6 Å². The quantitative estimate of drug-likeness (QED) is 0.442. The van der Waals surface area contributed by atoms with Gasteiger partial charge in [-0.25, -0.2) is 16.8 Å². The highest BCUT2D eigenvalue weighted by atomic mass is 35.5. The van der Waals surface area contributed by atoms with Crippen LogP contribution in [0.1, 0.15) is 0 Å². The first kappa shape index (κ1) is 25.3. The number of carbonyl (C=O) groups excluding carboxylic acids is 1. The number of nitrogens with zero attached hydrogens (tertiary/aromatic N) is 1. The Kier molecular flexibility index (Phi) is 7.70. The molecule has 0 fully saturated rings. The highest BCUT2D eigenvalue weighted by molar-refractivity contribution is 7.92. The average Bonchev–Trinajstić information content (AvgIpc) is 2.78. The number of amides is 1. The molecule has 0 aromatic heterocycles. The highest BCUT2D eigenvalue weighted by Crippen LogP contribution is 2.27. The van der Waals surface area contributed by atoms with E-state index < -0.39 is 32.5 Å². The Morgan fingerprint density at radius 2 is 1.50 bits per heavy atom. The first-order valence-electron chi connectivity index (χ1n) is 9.78. The van der Waals surface area contributed by atoms with Crippen LogP contribution in [-0.2, 0) is 24.8 Å². The SMILES string of the molecule is COc1ccc(NS(=O)(=O)c2ccc(NC(=O)CN(c3ccccc3Cl)S(C)(=O)=O)cc2)cc1. The fourth-order valence-corrected chi connectivity index (χ4v) is 5.17. The van der Waals surface area contributed by atoms with Crippen molar-refractivity contribution < 1.29 is 26.4 Å². The Morgan fingerprint density at radius 3 is 2.06 bits per heavy atom. The highest BCUT2D eigenvalue weighted by Gasteiger charge is 2.23. The van der Waals surface area contributed by atoms with Crippen LogP contribution in [0, 0.1) is 0 Å². The molecule has 0 radical (unpaired) electrons. The number of carbonyl (C=O) groups is 1. The molecule has 0 unspecified atom stereocenters. The van der Waals surface area contributed by atoms with E-state index in [0.29, 0.717) is 17.1 Å². The van der Waals surface area contributed by atoms with Crippen molar-refractivity contribution in [2.24, 2.45) is 0 Å². The summed E-state index contributed by atoms with van der Waals surface area (Å²) in [4.78, 5) is 12.5. The van der Waals surface area contributed by atoms with Gasteiger partial charge in [-0.05, 0) is 60.7 Å². The molecule has 0 atom stereocenters. The number of rotatable bonds is 9. The lowest BCUT2D eigenvalue weighted by atomic mass is 10.3. The summed E-state index contributed by atoms with van der Waals surface area (Å²) in [5.74, 6) is -0.0377. The van der Waals surface area contributed by atoms with Crippen LogP contribution in [0.5, 0.6) is 5.75 Å². The molecule has 0 aliphatic rings. The van der Waals surface area contributed by atoms with Crippen molar-refractivity contribution in [3.8, 4) is 5.75 Å². The van der Waals surface area contributed by atoms with Crippen LogP contribution in [-0.4, -0.2) is 42.7 Å². The molecule has 0 saturated heterocycles. The minimum Gasteiger partial charge on any atom is -0.497 e. The number of para-hydroxylation sites is 1. The van der Waals surface area contributed by atoms with Gasteiger partial charge in [0.05, 0.1) is 29.0 Å². The summed E-state index contributed by atoms with van der Waals surface area (Å²) in [6, 6.07) is 18.1. The molecule has 0 aliphatic carbocycles. The number of anilines is 3. The summed E-state index contributed by atoms with van der Waals surface area (Å²) in [6.45, 7) is -0.512. The summed E-state index contributed by atoms with van der Waals surface area (Å²) in [5.41, 5.74) is 0.826. The Bertz CT molecular complexity index is 1380. The molecule has 9 nitrogen and oxygen atoms in total. The molecule has 0 aliphatic heterocycles. The zero-order chi connectivity index (χ0) is 24.9. The lowest BCUT2D eigenvalue weighted by Crippen LogP contribution is -2.37. The van der Waals surface area contributed by atoms with Crippen LogP contribution in [0.3, 0.4) is 0 Å². The second-order valence-corrected chi connectivity index (χ2v) is 11.1. The standard InChI is InChI=1S/C22H22ClN3O6S2/c1-32-18-11-7-17(8-12-18)25-34(30,31)19-13-9-16(10-14-19)24-22(27)15-26(33(2,28)29)21-6-4-3-5-20(21)23/h3-14,25H,15H2,1-2H3,(H,24,27). The Morgan fingerprint density at radius 1 is 0.912 bits per heavy atom. The Balaban J connectivity index is 1.70. The molecule has 12 heteroatoms. The van der Waals surface area contributed by atoms with Crippen molar-refractivity contribution >= 4 is 54.6 Å². The number of nitrogens with one attached hydrogen (secondary N) is 2. The molecule has 0 bridgehead atoms. The van der Waals surface area contributed by atoms with E-state index in [4.69, 9.17) is 16.3 Å². The molecule has 2 N–H and O–H groups in total. The van der Waals surface area contributed by atoms with Gasteiger partial charge in [-0.1, -0.05) is 23.7 Å². The molecule has 0 saturated carbocycles. The zero-order valence-electron chi connectivity index (χ0n) is 18.2. The average molecular weight is 524 g/mol. The van der Waals surface area contributed by atoms with Crippen LogP contribution in [0.2, 0.25) is 5.02 Å². The van der Waals surface area contributed by atoms with Crippen LogP contribution in [0.25, 0.3) is 0 Å². The second kappa shape index (κ2) is 10.3. The van der Waals surface area contributed by atoms with Crippen LogP contribution in [0.15, 0.2) is 77.7 Å². The first-order chi connectivity index (χ1) is 16.0. The summed E-state index contributed by atoms with van der Waals surface area (Å²) in [5, 5.41) is 2.74. The minimum atomic E-state index is -3.86. The molecule has 1 amide bonds. The normalized spacial score (nSPS) is 11.5. The number of halogens is 1. The molecule has 3 rings (SSSR count). The lowest BCUT2D eigenvalue weighted by Gasteiger charge is -2.22. The Labute approximate surface area is 203 Å². The van der Waals surface area contributed by atoms with E-state index in [0.717, 1.165) is 10.6 Å². The van der Waals surface area contributed by atoms with Crippen molar-refractivity contribution in [3.05, 3.63) is 77.8 Å². The zero-order valence-corrected chi connectivity index (χ0v) is 20.6. The van der Waals surface area contributed by atoms with Gasteiger partial charge in [-0.15, -0.1) is 0 Å². The van der Waals surface area contributed by atoms with Crippen molar-refractivity contribution in [1.82, 2.24) is 0 Å². The maximum Gasteiger partial charge on any atom is 0.261 e. The number of hydrogen-bond donors (Lipinski definition) is 2. The van der Waals surface area contributed by atoms with E-state index in [1.807, 2.05) is 0 Å². The van der Waals surface area contributed by atoms with E-state index in [9.17, 15) is 21.6 Å². The fraction of sp³-hybridized carbons (Fsp3) is 0.136. The van der Waals surface area contributed by atoms with E-state index in [1.165, 1.54) is 43.5 Å². The molecular formula is C22H22ClN3O6S2. The number of hydrogen-bond acceptors (Lipinski definition) is 6. The van der Waals surface area contributed by atoms with Crippen LogP contribution < -0.4 is 19.1 Å². The number of benzene rings is 3. The maximum absolute atomic E-state index is 12.6. The monoisotopic (exact) mass is 523 g/mol. The van der Waals surface area contributed by atoms with Crippen LogP contribution in [0.4, 0.5) is 17.1 Å². The number of ether oxygens (including phenoxy) is 1. The van der Waals surface area contributed by atoms with Gasteiger partial charge >= 0.3 is 0 Å². The predicted molar refractivity (Wildman–Crippen MR) is 133 cm³/mol. The van der Waals surface area contributed by atoms with E-state index in [1.54, 1.807) is 36.4 Å². The topological polar surface area (TPSA) is 122 Å². The molecule has 3 aromatic carbocycles. The second-order valence-electron chi connectivity index (χ2n) is 7.13. The summed E-state index contributed by atoms with van der Waals surface area (Å²) in [6.07, 6.45) is 0.971. The Hall–Kier alpha value is -3.28. The van der Waals surface area contributed by atoms with Crippen molar-refractivity contribution in [3.63, 3.8) is 0 Å². The third-order valence-corrected chi connectivity index (χ3v) is 7.44. The van der Waals surface area contributed by atoms with Gasteiger partial charge in [0.15, 0.2) is 0 Å². The van der Waals surface area contributed by atoms with E-state index in [-0.39, 0.29) is 15.6 Å². The number of sulfonamides is 2.